The van der Waals surface area contributed by atoms with E-state index >= 15 is 0 Å². The van der Waals surface area contributed by atoms with Crippen LogP contribution in [0.4, 0.5) is 0 Å². The number of carbonyl (C=O) groups excluding carboxylic acids is 1. The zero-order valence-electron chi connectivity index (χ0n) is 13.9. The molecule has 1 amide bonds. The summed E-state index contributed by atoms with van der Waals surface area (Å²) in [6.07, 6.45) is 3.41. The number of hydrogen-bond donors (Lipinski definition) is 0. The molecule has 0 bridgehead atoms. The van der Waals surface area contributed by atoms with Crippen LogP contribution in [0.1, 0.15) is 41.3 Å². The summed E-state index contributed by atoms with van der Waals surface area (Å²) >= 11 is 0. The van der Waals surface area contributed by atoms with Crippen molar-refractivity contribution in [3.63, 3.8) is 0 Å². The molecule has 0 atom stereocenters. The largest absolute Gasteiger partial charge is 0.336 e. The molecule has 0 N–H and O–H groups in total. The number of likely N-dealkylation sites (tertiary alicyclic amines) is 1. The molecule has 0 saturated carbocycles. The van der Waals surface area contributed by atoms with Crippen LogP contribution in [0.25, 0.3) is 0 Å². The van der Waals surface area contributed by atoms with E-state index in [1.165, 1.54) is 12.0 Å². The quantitative estimate of drug-likeness (QED) is 0.865. The Hall–Kier alpha value is -2.21. The third-order valence-electron chi connectivity index (χ3n) is 4.92. The first kappa shape index (κ1) is 15.3. The number of benzene rings is 1. The van der Waals surface area contributed by atoms with Crippen LogP contribution >= 0.6 is 0 Å². The number of amides is 1. The number of hydrogen-bond acceptors (Lipinski definition) is 4. The van der Waals surface area contributed by atoms with E-state index in [-0.39, 0.29) is 5.91 Å². The van der Waals surface area contributed by atoms with Gasteiger partial charge < -0.3 is 9.47 Å². The van der Waals surface area contributed by atoms with Crippen molar-refractivity contribution in [2.75, 3.05) is 19.6 Å². The maximum Gasteiger partial charge on any atom is 0.291 e. The van der Waals surface area contributed by atoms with Crippen LogP contribution in [0.15, 0.2) is 30.3 Å². The fraction of sp³-hybridized carbons (Fsp3) is 0.500. The Kier molecular flexibility index (Phi) is 4.30. The number of carbonyl (C=O) groups is 1. The number of piperidine rings is 1. The SMILES string of the molecule is O=C(c1nnc2n1CCN(Cc1ccccc1)C2)N1CCCCC1. The molecule has 2 aliphatic rings. The highest BCUT2D eigenvalue weighted by atomic mass is 16.2. The summed E-state index contributed by atoms with van der Waals surface area (Å²) in [5.41, 5.74) is 1.30. The van der Waals surface area contributed by atoms with E-state index in [0.717, 1.165) is 57.9 Å². The lowest BCUT2D eigenvalue weighted by molar-refractivity contribution is 0.0702. The molecule has 1 fully saturated rings. The highest BCUT2D eigenvalue weighted by Crippen LogP contribution is 2.18. The Morgan fingerprint density at radius 3 is 2.54 bits per heavy atom. The molecule has 1 aromatic heterocycles. The number of fused-ring (bicyclic) bond motifs is 1. The van der Waals surface area contributed by atoms with E-state index in [4.69, 9.17) is 0 Å². The fourth-order valence-electron chi connectivity index (χ4n) is 3.58. The molecule has 24 heavy (non-hydrogen) atoms. The monoisotopic (exact) mass is 325 g/mol. The van der Waals surface area contributed by atoms with Crippen molar-refractivity contribution in [1.82, 2.24) is 24.6 Å². The summed E-state index contributed by atoms with van der Waals surface area (Å²) in [4.78, 5) is 17.0. The number of nitrogens with zero attached hydrogens (tertiary/aromatic N) is 5. The van der Waals surface area contributed by atoms with Crippen LogP contribution in [0.5, 0.6) is 0 Å². The van der Waals surface area contributed by atoms with Crippen molar-refractivity contribution < 1.29 is 4.79 Å². The summed E-state index contributed by atoms with van der Waals surface area (Å²) in [5, 5.41) is 8.50. The molecule has 0 aliphatic carbocycles. The van der Waals surface area contributed by atoms with Gasteiger partial charge in [0.2, 0.25) is 5.82 Å². The van der Waals surface area contributed by atoms with Gasteiger partial charge in [0.15, 0.2) is 0 Å². The molecule has 126 valence electrons. The van der Waals surface area contributed by atoms with Gasteiger partial charge in [-0.25, -0.2) is 0 Å². The molecular formula is C18H23N5O. The molecule has 1 saturated heterocycles. The lowest BCUT2D eigenvalue weighted by Gasteiger charge is -2.29. The molecule has 3 heterocycles. The average Bonchev–Trinajstić information content (AvgIpc) is 3.06. The minimum Gasteiger partial charge on any atom is -0.336 e. The van der Waals surface area contributed by atoms with Crippen LogP contribution in [0.2, 0.25) is 0 Å². The Bertz CT molecular complexity index is 705. The standard InChI is InChI=1S/C18H23N5O/c24-18(22-9-5-2-6-10-22)17-20-19-16-14-21(11-12-23(16)17)13-15-7-3-1-4-8-15/h1,3-4,7-8H,2,5-6,9-14H2. The third-order valence-corrected chi connectivity index (χ3v) is 4.92. The van der Waals surface area contributed by atoms with Crippen molar-refractivity contribution >= 4 is 5.91 Å². The smallest absolute Gasteiger partial charge is 0.291 e. The summed E-state index contributed by atoms with van der Waals surface area (Å²) in [7, 11) is 0. The first-order valence-corrected chi connectivity index (χ1v) is 8.79. The van der Waals surface area contributed by atoms with Gasteiger partial charge in [0.25, 0.3) is 5.91 Å². The zero-order chi connectivity index (χ0) is 16.4. The molecule has 2 aliphatic heterocycles. The van der Waals surface area contributed by atoms with Gasteiger partial charge in [-0.1, -0.05) is 30.3 Å². The van der Waals surface area contributed by atoms with E-state index in [0.29, 0.717) is 5.82 Å². The Labute approximate surface area is 142 Å². The second-order valence-corrected chi connectivity index (χ2v) is 6.64. The van der Waals surface area contributed by atoms with Crippen molar-refractivity contribution in [1.29, 1.82) is 0 Å². The van der Waals surface area contributed by atoms with E-state index in [1.807, 2.05) is 15.5 Å². The fourth-order valence-corrected chi connectivity index (χ4v) is 3.58. The lowest BCUT2D eigenvalue weighted by atomic mass is 10.1. The van der Waals surface area contributed by atoms with Gasteiger partial charge in [-0.15, -0.1) is 10.2 Å². The Morgan fingerprint density at radius 1 is 0.958 bits per heavy atom. The predicted molar refractivity (Wildman–Crippen MR) is 90.3 cm³/mol. The first-order chi connectivity index (χ1) is 11.8. The van der Waals surface area contributed by atoms with Crippen molar-refractivity contribution in [2.45, 2.75) is 38.9 Å². The molecular weight excluding hydrogens is 302 g/mol. The third kappa shape index (κ3) is 3.06. The minimum atomic E-state index is 0.0463. The van der Waals surface area contributed by atoms with Gasteiger partial charge in [0, 0.05) is 32.7 Å². The summed E-state index contributed by atoms with van der Waals surface area (Å²) in [5.74, 6) is 1.47. The number of rotatable bonds is 3. The topological polar surface area (TPSA) is 54.3 Å². The summed E-state index contributed by atoms with van der Waals surface area (Å²) in [6.45, 7) is 5.05. The van der Waals surface area contributed by atoms with Crippen molar-refractivity contribution in [2.24, 2.45) is 0 Å². The van der Waals surface area contributed by atoms with Gasteiger partial charge in [0.1, 0.15) is 5.82 Å². The molecule has 0 spiro atoms. The Balaban J connectivity index is 1.46. The first-order valence-electron chi connectivity index (χ1n) is 8.79. The van der Waals surface area contributed by atoms with Crippen LogP contribution < -0.4 is 0 Å². The Morgan fingerprint density at radius 2 is 1.75 bits per heavy atom. The molecule has 6 nitrogen and oxygen atoms in total. The predicted octanol–water partition coefficient (Wildman–Crippen LogP) is 1.92. The molecule has 2 aromatic rings. The van der Waals surface area contributed by atoms with Gasteiger partial charge in [-0.05, 0) is 24.8 Å². The normalized spacial score (nSPS) is 18.4. The van der Waals surface area contributed by atoms with Gasteiger partial charge in [-0.2, -0.15) is 0 Å². The van der Waals surface area contributed by atoms with E-state index in [9.17, 15) is 4.79 Å². The molecule has 6 heteroatoms. The van der Waals surface area contributed by atoms with E-state index in [2.05, 4.69) is 39.4 Å². The van der Waals surface area contributed by atoms with Gasteiger partial charge in [-0.3, -0.25) is 9.69 Å². The molecule has 0 radical (unpaired) electrons. The van der Waals surface area contributed by atoms with Crippen molar-refractivity contribution in [3.05, 3.63) is 47.5 Å². The molecule has 1 aromatic carbocycles. The van der Waals surface area contributed by atoms with Gasteiger partial charge in [0.05, 0.1) is 6.54 Å². The highest BCUT2D eigenvalue weighted by Gasteiger charge is 2.28. The van der Waals surface area contributed by atoms with Crippen molar-refractivity contribution in [3.8, 4) is 0 Å². The van der Waals surface area contributed by atoms with Crippen LogP contribution in [-0.2, 0) is 19.6 Å². The average molecular weight is 325 g/mol. The summed E-state index contributed by atoms with van der Waals surface area (Å²) in [6, 6.07) is 10.5. The van der Waals surface area contributed by atoms with E-state index < -0.39 is 0 Å². The molecule has 0 unspecified atom stereocenters. The maximum atomic E-state index is 12.7. The molecule has 4 rings (SSSR count). The minimum absolute atomic E-state index is 0.0463. The van der Waals surface area contributed by atoms with E-state index in [1.54, 1.807) is 0 Å². The maximum absolute atomic E-state index is 12.7. The second kappa shape index (κ2) is 6.73. The second-order valence-electron chi connectivity index (χ2n) is 6.64. The number of aromatic nitrogens is 3. The highest BCUT2D eigenvalue weighted by molar-refractivity contribution is 5.90. The van der Waals surface area contributed by atoms with Crippen LogP contribution in [0.3, 0.4) is 0 Å². The lowest BCUT2D eigenvalue weighted by Crippen LogP contribution is -2.39. The van der Waals surface area contributed by atoms with Crippen LogP contribution in [0, 0.1) is 0 Å². The summed E-state index contributed by atoms with van der Waals surface area (Å²) < 4.78 is 2.01. The zero-order valence-corrected chi connectivity index (χ0v) is 13.9. The van der Waals surface area contributed by atoms with Crippen LogP contribution in [-0.4, -0.2) is 50.1 Å². The van der Waals surface area contributed by atoms with Gasteiger partial charge >= 0.3 is 0 Å².